The minimum Gasteiger partial charge on any atom is -0.657 e. The molecule has 70 heavy (non-hydrogen) atoms. The predicted molar refractivity (Wildman–Crippen MR) is 264 cm³/mol. The Hall–Kier alpha value is -8.23. The van der Waals surface area contributed by atoms with Crippen molar-refractivity contribution in [2.75, 3.05) is 64.0 Å². The molecule has 0 saturated heterocycles. The number of aromatic nitrogens is 4. The van der Waals surface area contributed by atoms with Crippen molar-refractivity contribution in [3.63, 3.8) is 0 Å². The van der Waals surface area contributed by atoms with Crippen molar-refractivity contribution in [2.24, 2.45) is 0 Å². The second kappa shape index (κ2) is 20.2. The number of aromatic carboxylic acids is 1. The number of hydrogen-bond acceptors (Lipinski definition) is 12. The van der Waals surface area contributed by atoms with Crippen molar-refractivity contribution in [3.05, 3.63) is 113 Å². The van der Waals surface area contributed by atoms with Gasteiger partial charge in [-0.3, -0.25) is 0 Å². The van der Waals surface area contributed by atoms with Crippen molar-refractivity contribution >= 4 is 52.3 Å². The van der Waals surface area contributed by atoms with Gasteiger partial charge in [0.05, 0.1) is 92.3 Å². The third-order valence-electron chi connectivity index (χ3n) is 11.9. The molecule has 350 valence electrons. The molecule has 8 bridgehead atoms. The molecule has 0 radical (unpaired) electrons. The smallest absolute Gasteiger partial charge is 0.657 e. The van der Waals surface area contributed by atoms with Crippen LogP contribution in [0.4, 0.5) is 0 Å². The van der Waals surface area contributed by atoms with Crippen LogP contribution in [0.3, 0.4) is 0 Å². The van der Waals surface area contributed by atoms with Gasteiger partial charge in [0, 0.05) is 0 Å². The Morgan fingerprint density at radius 3 is 0.871 bits per heavy atom. The molecule has 4 aromatic carbocycles. The average molecular weight is 992 g/mol. The molecule has 0 aliphatic carbocycles. The normalized spacial score (nSPS) is 11.4. The van der Waals surface area contributed by atoms with Gasteiger partial charge in [-0.15, -0.1) is 22.1 Å². The molecule has 0 amide bonds. The first-order chi connectivity index (χ1) is 33.6. The van der Waals surface area contributed by atoms with Gasteiger partial charge in [-0.2, -0.15) is 0 Å². The Morgan fingerprint density at radius 1 is 0.386 bits per heavy atom. The van der Waals surface area contributed by atoms with Crippen molar-refractivity contribution in [1.82, 2.24) is 19.9 Å². The number of rotatable bonds is 14. The number of methoxy groups -OCH3 is 9. The van der Waals surface area contributed by atoms with Crippen LogP contribution in [0.5, 0.6) is 51.7 Å². The van der Waals surface area contributed by atoms with E-state index in [4.69, 9.17) is 62.6 Å². The van der Waals surface area contributed by atoms with E-state index in [0.717, 1.165) is 0 Å². The van der Waals surface area contributed by atoms with E-state index in [1.807, 2.05) is 85.0 Å². The Kier molecular flexibility index (Phi) is 13.9. The Labute approximate surface area is 416 Å². The second-order valence-corrected chi connectivity index (χ2v) is 15.5. The van der Waals surface area contributed by atoms with Gasteiger partial charge >= 0.3 is 25.4 Å². The predicted octanol–water partition coefficient (Wildman–Crippen LogP) is 10.4. The summed E-state index contributed by atoms with van der Waals surface area (Å²) >= 11 is 0. The van der Waals surface area contributed by atoms with Crippen molar-refractivity contribution in [1.29, 1.82) is 0 Å². The van der Waals surface area contributed by atoms with Crippen molar-refractivity contribution < 1.29 is 72.0 Å². The Balaban J connectivity index is 0.00000659. The van der Waals surface area contributed by atoms with Gasteiger partial charge < -0.3 is 57.7 Å². The van der Waals surface area contributed by atoms with Crippen molar-refractivity contribution in [3.8, 4) is 96.3 Å². The first kappa shape index (κ1) is 48.2. The quantitative estimate of drug-likeness (QED) is 0.102. The maximum Gasteiger partial charge on any atom is 2.00 e. The van der Waals surface area contributed by atoms with Crippen LogP contribution in [0.25, 0.3) is 90.9 Å². The summed E-state index contributed by atoms with van der Waals surface area (Å²) in [6, 6.07) is 25.5. The van der Waals surface area contributed by atoms with Gasteiger partial charge in [-0.05, 0) is 117 Å². The summed E-state index contributed by atoms with van der Waals surface area (Å²) in [5.74, 6) is 2.81. The molecule has 9 rings (SSSR count). The summed E-state index contributed by atoms with van der Waals surface area (Å²) in [5.41, 5.74) is 9.98. The topological polar surface area (TPSA) is 174 Å². The number of carboxylic acids is 1. The molecule has 2 aliphatic rings. The number of hydrogen-bond donors (Lipinski definition) is 1. The van der Waals surface area contributed by atoms with Gasteiger partial charge in [-0.1, -0.05) is 36.4 Å². The Morgan fingerprint density at radius 2 is 0.643 bits per heavy atom. The molecule has 0 unspecified atom stereocenters. The SMILES string of the molecule is COc1cc(-c2c3nc(c(-c4cc(OC)c(OC)c(OC)c4)c4ccc([n-]4)c(-c4cc(OC)c(OC)c(OC)c4)c4nc(c(-c5ccc(C(=O)O)cc5)c5ccc2[n-]5)C=C4)C=C3)cc(OC)c1OC.[Zn+2]. The van der Waals surface area contributed by atoms with E-state index in [-0.39, 0.29) is 25.0 Å². The zero-order chi connectivity index (χ0) is 48.5. The number of nitrogens with zero attached hydrogens (tertiary/aromatic N) is 4. The van der Waals surface area contributed by atoms with Crippen LogP contribution in [0.15, 0.2) is 84.9 Å². The van der Waals surface area contributed by atoms with Crippen LogP contribution in [-0.4, -0.2) is 85.0 Å². The number of fused-ring (bicyclic) bond motifs is 8. The fraction of sp³-hybridized carbons (Fsp3) is 0.167. The Bertz CT molecular complexity index is 3280. The van der Waals surface area contributed by atoms with E-state index in [1.54, 1.807) is 88.3 Å². The molecule has 2 aliphatic heterocycles. The van der Waals surface area contributed by atoms with E-state index >= 15 is 0 Å². The first-order valence-corrected chi connectivity index (χ1v) is 21.4. The molecule has 0 saturated carbocycles. The van der Waals surface area contributed by atoms with Crippen LogP contribution in [0, 0.1) is 0 Å². The molecule has 5 heterocycles. The second-order valence-electron chi connectivity index (χ2n) is 15.5. The van der Waals surface area contributed by atoms with Crippen LogP contribution in [-0.2, 0) is 19.5 Å². The minimum absolute atomic E-state index is 0. The summed E-state index contributed by atoms with van der Waals surface area (Å²) in [6.45, 7) is 0. The maximum atomic E-state index is 12.0. The molecular weight excluding hydrogens is 946 g/mol. The minimum atomic E-state index is -1.05. The molecular formula is C54H46N4O11Zn. The van der Waals surface area contributed by atoms with Gasteiger partial charge in [0.25, 0.3) is 0 Å². The molecule has 0 fully saturated rings. The molecule has 0 spiro atoms. The molecule has 3 aromatic heterocycles. The van der Waals surface area contributed by atoms with Crippen LogP contribution < -0.4 is 52.6 Å². The summed E-state index contributed by atoms with van der Waals surface area (Å²) in [7, 11) is 14.0. The van der Waals surface area contributed by atoms with E-state index < -0.39 is 5.97 Å². The molecule has 7 aromatic rings. The largest absolute Gasteiger partial charge is 2.00 e. The standard InChI is InChI=1S/C54H47N4O11.Zn/c1-61-41-22-30(23-42(62-2)51(41)67-7)48-35-16-14-33(55-35)47(28-10-12-29(13-11-28)54(59)60)34-15-17-36(56-34)49(31-24-43(63-3)52(68-8)44(25-31)64-4)38-19-21-40(58-38)50(39-20-18-37(48)57-39)32-26-45(65-5)53(69-9)46(27-32)66-6;/h10-27H,1-9H3,(H2-,55,56,57,58,59,60);/q-1;+2/p-1. The van der Waals surface area contributed by atoms with Crippen LogP contribution >= 0.6 is 0 Å². The summed E-state index contributed by atoms with van der Waals surface area (Å²) in [5, 5.41) is 9.84. The third kappa shape index (κ3) is 8.51. The first-order valence-electron chi connectivity index (χ1n) is 21.4. The summed E-state index contributed by atoms with van der Waals surface area (Å²) in [4.78, 5) is 33.4. The zero-order valence-corrected chi connectivity index (χ0v) is 42.9. The van der Waals surface area contributed by atoms with Gasteiger partial charge in [0.15, 0.2) is 34.5 Å². The van der Waals surface area contributed by atoms with Crippen LogP contribution in [0.2, 0.25) is 0 Å². The fourth-order valence-electron chi connectivity index (χ4n) is 8.73. The van der Waals surface area contributed by atoms with Gasteiger partial charge in [0.1, 0.15) is 0 Å². The molecule has 0 atom stereocenters. The number of carbonyl (C=O) groups is 1. The number of benzene rings is 4. The van der Waals surface area contributed by atoms with Gasteiger partial charge in [0.2, 0.25) is 17.2 Å². The molecule has 1 N–H and O–H groups in total. The zero-order valence-electron chi connectivity index (χ0n) is 39.9. The van der Waals surface area contributed by atoms with Crippen molar-refractivity contribution in [2.45, 2.75) is 0 Å². The van der Waals surface area contributed by atoms with E-state index in [9.17, 15) is 9.90 Å². The van der Waals surface area contributed by atoms with E-state index in [2.05, 4.69) is 0 Å². The molecule has 16 heteroatoms. The fourth-order valence-corrected chi connectivity index (χ4v) is 8.73. The van der Waals surface area contributed by atoms with E-state index in [0.29, 0.717) is 141 Å². The van der Waals surface area contributed by atoms with E-state index in [1.165, 1.54) is 0 Å². The summed E-state index contributed by atoms with van der Waals surface area (Å²) < 4.78 is 52.3. The average Bonchev–Trinajstić information content (AvgIpc) is 4.24. The monoisotopic (exact) mass is 990 g/mol. The van der Waals surface area contributed by atoms with Crippen LogP contribution in [0.1, 0.15) is 33.1 Å². The van der Waals surface area contributed by atoms with Gasteiger partial charge in [-0.25, -0.2) is 14.8 Å². The summed E-state index contributed by atoms with van der Waals surface area (Å²) in [6.07, 6.45) is 7.68. The number of carboxylic acid groups (broad SMARTS) is 1. The molecule has 15 nitrogen and oxygen atoms in total. The maximum absolute atomic E-state index is 12.0. The third-order valence-corrected chi connectivity index (χ3v) is 11.9. The number of ether oxygens (including phenoxy) is 9.